The molecule has 1 aromatic carbocycles. The van der Waals surface area contributed by atoms with Gasteiger partial charge in [-0.3, -0.25) is 4.79 Å². The minimum absolute atomic E-state index is 0.208. The topological polar surface area (TPSA) is 41.6 Å². The smallest absolute Gasteiger partial charge is 0.222 e. The van der Waals surface area contributed by atoms with Crippen LogP contribution in [-0.4, -0.2) is 42.6 Å². The molecule has 24 heavy (non-hydrogen) atoms. The summed E-state index contributed by atoms with van der Waals surface area (Å²) >= 11 is 0. The molecule has 0 spiro atoms. The summed E-state index contributed by atoms with van der Waals surface area (Å²) in [6.07, 6.45) is 3.70. The summed E-state index contributed by atoms with van der Waals surface area (Å²) in [6.45, 7) is 7.12. The molecule has 0 aliphatic carbocycles. The fourth-order valence-corrected chi connectivity index (χ4v) is 3.06. The van der Waals surface area contributed by atoms with Gasteiger partial charge in [0, 0.05) is 32.2 Å². The molecule has 1 aliphatic heterocycles. The Bertz CT molecular complexity index is 505. The van der Waals surface area contributed by atoms with Crippen molar-refractivity contribution in [3.8, 4) is 0 Å². The van der Waals surface area contributed by atoms with E-state index in [-0.39, 0.29) is 17.8 Å². The van der Waals surface area contributed by atoms with Gasteiger partial charge in [0.15, 0.2) is 0 Å². The van der Waals surface area contributed by atoms with Gasteiger partial charge in [0.1, 0.15) is 5.82 Å². The first-order chi connectivity index (χ1) is 11.6. The molecule has 1 N–H and O–H groups in total. The van der Waals surface area contributed by atoms with Crippen LogP contribution >= 0.6 is 0 Å². The summed E-state index contributed by atoms with van der Waals surface area (Å²) in [7, 11) is 0. The number of hydrogen-bond donors (Lipinski definition) is 1. The van der Waals surface area contributed by atoms with E-state index in [4.69, 9.17) is 4.74 Å². The highest BCUT2D eigenvalue weighted by molar-refractivity contribution is 5.78. The Kier molecular flexibility index (Phi) is 7.66. The van der Waals surface area contributed by atoms with Gasteiger partial charge in [-0.1, -0.05) is 12.1 Å². The van der Waals surface area contributed by atoms with Gasteiger partial charge in [0.25, 0.3) is 0 Å². The van der Waals surface area contributed by atoms with Gasteiger partial charge in [-0.15, -0.1) is 0 Å². The summed E-state index contributed by atoms with van der Waals surface area (Å²) in [4.78, 5) is 14.0. The lowest BCUT2D eigenvalue weighted by molar-refractivity contribution is -0.129. The van der Waals surface area contributed by atoms with Crippen LogP contribution in [0.25, 0.3) is 0 Å². The highest BCUT2D eigenvalue weighted by atomic mass is 19.1. The molecule has 4 nitrogen and oxygen atoms in total. The monoisotopic (exact) mass is 336 g/mol. The molecular weight excluding hydrogens is 307 g/mol. The molecule has 0 bridgehead atoms. The fraction of sp³-hybridized carbons (Fsp3) is 0.632. The Morgan fingerprint density at radius 3 is 2.79 bits per heavy atom. The van der Waals surface area contributed by atoms with Gasteiger partial charge >= 0.3 is 0 Å². The lowest BCUT2D eigenvalue weighted by Gasteiger charge is -2.25. The van der Waals surface area contributed by atoms with Crippen molar-refractivity contribution in [2.24, 2.45) is 0 Å². The number of nitrogens with one attached hydrogen (secondary N) is 1. The second-order valence-corrected chi connectivity index (χ2v) is 6.64. The molecule has 1 fully saturated rings. The van der Waals surface area contributed by atoms with Gasteiger partial charge in [0.2, 0.25) is 5.91 Å². The number of benzene rings is 1. The first-order valence-corrected chi connectivity index (χ1v) is 8.92. The number of carbonyl (C=O) groups is 1. The molecule has 1 aromatic rings. The Balaban J connectivity index is 1.66. The molecule has 0 unspecified atom stereocenters. The molecule has 0 saturated carbocycles. The molecule has 134 valence electrons. The van der Waals surface area contributed by atoms with Crippen LogP contribution in [0, 0.1) is 5.82 Å². The van der Waals surface area contributed by atoms with Crippen LogP contribution in [-0.2, 0) is 16.1 Å². The SMILES string of the molecule is CC(C)OCCCN1C(=O)CC[C@H]1CCNCc1ccc(F)cc1. The minimum Gasteiger partial charge on any atom is -0.379 e. The van der Waals surface area contributed by atoms with Crippen molar-refractivity contribution >= 4 is 5.91 Å². The molecule has 1 aliphatic rings. The summed E-state index contributed by atoms with van der Waals surface area (Å²) in [6, 6.07) is 6.88. The number of rotatable bonds is 10. The van der Waals surface area contributed by atoms with Crippen molar-refractivity contribution in [3.05, 3.63) is 35.6 Å². The van der Waals surface area contributed by atoms with Crippen LogP contribution < -0.4 is 5.32 Å². The van der Waals surface area contributed by atoms with Gasteiger partial charge in [-0.25, -0.2) is 4.39 Å². The van der Waals surface area contributed by atoms with Crippen LogP contribution in [0.1, 0.15) is 45.1 Å². The number of nitrogens with zero attached hydrogens (tertiary/aromatic N) is 1. The maximum Gasteiger partial charge on any atom is 0.222 e. The maximum absolute atomic E-state index is 12.9. The fourth-order valence-electron chi connectivity index (χ4n) is 3.06. The molecule has 2 rings (SSSR count). The zero-order valence-corrected chi connectivity index (χ0v) is 14.8. The molecular formula is C19H29FN2O2. The number of hydrogen-bond acceptors (Lipinski definition) is 3. The van der Waals surface area contributed by atoms with E-state index in [1.54, 1.807) is 12.1 Å². The second kappa shape index (κ2) is 9.74. The Labute approximate surface area is 144 Å². The zero-order valence-electron chi connectivity index (χ0n) is 14.8. The number of amides is 1. The largest absolute Gasteiger partial charge is 0.379 e. The normalized spacial score (nSPS) is 17.9. The van der Waals surface area contributed by atoms with Crippen LogP contribution in [0.4, 0.5) is 4.39 Å². The molecule has 1 amide bonds. The van der Waals surface area contributed by atoms with Crippen LogP contribution in [0.3, 0.4) is 0 Å². The van der Waals surface area contributed by atoms with E-state index in [0.717, 1.165) is 44.5 Å². The predicted octanol–water partition coefficient (Wildman–Crippen LogP) is 3.11. The average Bonchev–Trinajstić information content (AvgIpc) is 2.90. The van der Waals surface area contributed by atoms with E-state index < -0.39 is 0 Å². The van der Waals surface area contributed by atoms with Crippen LogP contribution in [0.5, 0.6) is 0 Å². The Morgan fingerprint density at radius 2 is 2.08 bits per heavy atom. The van der Waals surface area contributed by atoms with Crippen molar-refractivity contribution in [2.45, 2.75) is 58.2 Å². The summed E-state index contributed by atoms with van der Waals surface area (Å²) in [5, 5.41) is 3.38. The highest BCUT2D eigenvalue weighted by Gasteiger charge is 2.29. The van der Waals surface area contributed by atoms with E-state index >= 15 is 0 Å². The number of carbonyl (C=O) groups excluding carboxylic acids is 1. The number of ether oxygens (including phenoxy) is 1. The lowest BCUT2D eigenvalue weighted by atomic mass is 10.1. The molecule has 1 atom stereocenters. The predicted molar refractivity (Wildman–Crippen MR) is 93.2 cm³/mol. The summed E-state index contributed by atoms with van der Waals surface area (Å²) in [5.41, 5.74) is 1.07. The Morgan fingerprint density at radius 1 is 1.33 bits per heavy atom. The zero-order chi connectivity index (χ0) is 17.4. The third-order valence-electron chi connectivity index (χ3n) is 4.34. The van der Waals surface area contributed by atoms with E-state index in [9.17, 15) is 9.18 Å². The molecule has 5 heteroatoms. The van der Waals surface area contributed by atoms with Gasteiger partial charge in [0.05, 0.1) is 6.10 Å². The van der Waals surface area contributed by atoms with Gasteiger partial charge < -0.3 is 15.0 Å². The van der Waals surface area contributed by atoms with E-state index in [1.165, 1.54) is 12.1 Å². The minimum atomic E-state index is -0.208. The first kappa shape index (κ1) is 18.9. The van der Waals surface area contributed by atoms with Crippen molar-refractivity contribution < 1.29 is 13.9 Å². The van der Waals surface area contributed by atoms with Crippen molar-refractivity contribution in [1.29, 1.82) is 0 Å². The van der Waals surface area contributed by atoms with Gasteiger partial charge in [-0.2, -0.15) is 0 Å². The third kappa shape index (κ3) is 6.21. The molecule has 1 saturated heterocycles. The van der Waals surface area contributed by atoms with Crippen molar-refractivity contribution in [3.63, 3.8) is 0 Å². The standard InChI is InChI=1S/C19H29FN2O2/c1-15(2)24-13-3-12-22-18(8-9-19(22)23)10-11-21-14-16-4-6-17(20)7-5-16/h4-7,15,18,21H,3,8-14H2,1-2H3/t18-/m0/s1. The number of likely N-dealkylation sites (tertiary alicyclic amines) is 1. The molecule has 1 heterocycles. The maximum atomic E-state index is 12.9. The molecule has 0 radical (unpaired) electrons. The summed E-state index contributed by atoms with van der Waals surface area (Å²) < 4.78 is 18.4. The van der Waals surface area contributed by atoms with Crippen molar-refractivity contribution in [2.75, 3.05) is 19.7 Å². The summed E-state index contributed by atoms with van der Waals surface area (Å²) in [5.74, 6) is 0.0587. The highest BCUT2D eigenvalue weighted by Crippen LogP contribution is 2.21. The first-order valence-electron chi connectivity index (χ1n) is 8.92. The number of halogens is 1. The van der Waals surface area contributed by atoms with Crippen molar-refractivity contribution in [1.82, 2.24) is 10.2 Å². The van der Waals surface area contributed by atoms with Gasteiger partial charge in [-0.05, 0) is 57.4 Å². The van der Waals surface area contributed by atoms with E-state index in [2.05, 4.69) is 5.32 Å². The van der Waals surface area contributed by atoms with Crippen LogP contribution in [0.15, 0.2) is 24.3 Å². The van der Waals surface area contributed by atoms with E-state index in [1.807, 2.05) is 18.7 Å². The average molecular weight is 336 g/mol. The van der Waals surface area contributed by atoms with E-state index in [0.29, 0.717) is 19.1 Å². The molecule has 0 aromatic heterocycles. The third-order valence-corrected chi connectivity index (χ3v) is 4.34. The lowest BCUT2D eigenvalue weighted by Crippen LogP contribution is -2.36. The quantitative estimate of drug-likeness (QED) is 0.668. The Hall–Kier alpha value is -1.46. The van der Waals surface area contributed by atoms with Crippen LogP contribution in [0.2, 0.25) is 0 Å². The second-order valence-electron chi connectivity index (χ2n) is 6.64.